The normalized spacial score (nSPS) is 21.1. The van der Waals surface area contributed by atoms with Gasteiger partial charge in [0.15, 0.2) is 0 Å². The van der Waals surface area contributed by atoms with E-state index in [9.17, 15) is 4.79 Å². The Bertz CT molecular complexity index is 217. The topological polar surface area (TPSA) is 26.3 Å². The molecule has 2 atom stereocenters. The molecule has 16 heavy (non-hydrogen) atoms. The van der Waals surface area contributed by atoms with Gasteiger partial charge in [-0.1, -0.05) is 47.0 Å². The van der Waals surface area contributed by atoms with Crippen LogP contribution in [-0.4, -0.2) is 12.1 Å². The van der Waals surface area contributed by atoms with Crippen molar-refractivity contribution in [3.05, 3.63) is 0 Å². The van der Waals surface area contributed by atoms with E-state index < -0.39 is 0 Å². The van der Waals surface area contributed by atoms with E-state index in [-0.39, 0.29) is 18.0 Å². The van der Waals surface area contributed by atoms with Gasteiger partial charge in [0.05, 0.1) is 5.92 Å². The fourth-order valence-corrected chi connectivity index (χ4v) is 2.53. The second-order valence-corrected chi connectivity index (χ2v) is 5.51. The fourth-order valence-electron chi connectivity index (χ4n) is 2.53. The van der Waals surface area contributed by atoms with E-state index >= 15 is 0 Å². The van der Waals surface area contributed by atoms with E-state index in [0.29, 0.717) is 11.8 Å². The minimum absolute atomic E-state index is 0.0523. The summed E-state index contributed by atoms with van der Waals surface area (Å²) in [6.45, 7) is 8.60. The number of carbonyl (C=O) groups excluding carboxylic acids is 1. The smallest absolute Gasteiger partial charge is 0.309 e. The van der Waals surface area contributed by atoms with E-state index in [1.165, 1.54) is 12.8 Å². The average molecular weight is 226 g/mol. The van der Waals surface area contributed by atoms with Crippen molar-refractivity contribution in [2.24, 2.45) is 17.8 Å². The van der Waals surface area contributed by atoms with Gasteiger partial charge in [-0.15, -0.1) is 0 Å². The molecule has 1 saturated carbocycles. The van der Waals surface area contributed by atoms with Crippen LogP contribution in [0.3, 0.4) is 0 Å². The van der Waals surface area contributed by atoms with Gasteiger partial charge >= 0.3 is 5.97 Å². The maximum atomic E-state index is 12.0. The second kappa shape index (κ2) is 6.27. The Kier molecular flexibility index (Phi) is 5.30. The standard InChI is InChI=1S/C14H26O2/c1-5-11(4)13(10(2)3)16-14(15)12-8-6-7-9-12/h10-13H,5-9H2,1-4H3. The van der Waals surface area contributed by atoms with Gasteiger partial charge < -0.3 is 4.74 Å². The van der Waals surface area contributed by atoms with Gasteiger partial charge in [-0.25, -0.2) is 0 Å². The maximum absolute atomic E-state index is 12.0. The Hall–Kier alpha value is -0.530. The molecule has 2 unspecified atom stereocenters. The van der Waals surface area contributed by atoms with E-state index in [0.717, 1.165) is 19.3 Å². The van der Waals surface area contributed by atoms with E-state index in [1.54, 1.807) is 0 Å². The first-order valence-electron chi connectivity index (χ1n) is 6.76. The van der Waals surface area contributed by atoms with Crippen molar-refractivity contribution in [3.8, 4) is 0 Å². The third kappa shape index (κ3) is 3.50. The number of carbonyl (C=O) groups is 1. The van der Waals surface area contributed by atoms with Crippen molar-refractivity contribution in [1.29, 1.82) is 0 Å². The third-order valence-corrected chi connectivity index (χ3v) is 3.80. The van der Waals surface area contributed by atoms with Crippen LogP contribution < -0.4 is 0 Å². The predicted octanol–water partition coefficient (Wildman–Crippen LogP) is 3.79. The van der Waals surface area contributed by atoms with Crippen molar-refractivity contribution in [1.82, 2.24) is 0 Å². The van der Waals surface area contributed by atoms with Crippen molar-refractivity contribution >= 4 is 5.97 Å². The molecule has 1 rings (SSSR count). The molecule has 0 aromatic heterocycles. The Morgan fingerprint density at radius 2 is 1.81 bits per heavy atom. The van der Waals surface area contributed by atoms with Gasteiger partial charge in [0.2, 0.25) is 0 Å². The summed E-state index contributed by atoms with van der Waals surface area (Å²) in [7, 11) is 0. The third-order valence-electron chi connectivity index (χ3n) is 3.80. The van der Waals surface area contributed by atoms with Crippen LogP contribution in [0.2, 0.25) is 0 Å². The minimum Gasteiger partial charge on any atom is -0.462 e. The summed E-state index contributed by atoms with van der Waals surface area (Å²) < 4.78 is 5.71. The number of esters is 1. The van der Waals surface area contributed by atoms with Crippen LogP contribution in [0.4, 0.5) is 0 Å². The molecule has 0 radical (unpaired) electrons. The predicted molar refractivity (Wildman–Crippen MR) is 66.1 cm³/mol. The molecule has 1 aliphatic carbocycles. The summed E-state index contributed by atoms with van der Waals surface area (Å²) in [6, 6.07) is 0. The summed E-state index contributed by atoms with van der Waals surface area (Å²) in [4.78, 5) is 12.0. The molecule has 0 amide bonds. The maximum Gasteiger partial charge on any atom is 0.309 e. The van der Waals surface area contributed by atoms with Crippen LogP contribution in [0.5, 0.6) is 0 Å². The van der Waals surface area contributed by atoms with Gasteiger partial charge in [0, 0.05) is 0 Å². The lowest BCUT2D eigenvalue weighted by Crippen LogP contribution is -2.32. The summed E-state index contributed by atoms with van der Waals surface area (Å²) in [5.74, 6) is 1.12. The molecule has 2 heteroatoms. The molecule has 0 heterocycles. The fraction of sp³-hybridized carbons (Fsp3) is 0.929. The first-order valence-corrected chi connectivity index (χ1v) is 6.76. The van der Waals surface area contributed by atoms with Crippen LogP contribution in [0.15, 0.2) is 0 Å². The van der Waals surface area contributed by atoms with Crippen molar-refractivity contribution in [2.45, 2.75) is 65.9 Å². The molecule has 0 saturated heterocycles. The van der Waals surface area contributed by atoms with Crippen molar-refractivity contribution in [3.63, 3.8) is 0 Å². The molecule has 1 aliphatic rings. The molecule has 0 N–H and O–H groups in total. The highest BCUT2D eigenvalue weighted by Gasteiger charge is 2.29. The molecule has 0 aliphatic heterocycles. The molecule has 0 aromatic rings. The quantitative estimate of drug-likeness (QED) is 0.667. The Morgan fingerprint density at radius 1 is 1.25 bits per heavy atom. The van der Waals surface area contributed by atoms with E-state index in [2.05, 4.69) is 27.7 Å². The molecule has 0 bridgehead atoms. The Labute approximate surface area is 99.8 Å². The monoisotopic (exact) mass is 226 g/mol. The van der Waals surface area contributed by atoms with Crippen LogP contribution in [0, 0.1) is 17.8 Å². The number of rotatable bonds is 5. The lowest BCUT2D eigenvalue weighted by atomic mass is 9.92. The highest BCUT2D eigenvalue weighted by atomic mass is 16.5. The number of hydrogen-bond acceptors (Lipinski definition) is 2. The average Bonchev–Trinajstić information content (AvgIpc) is 2.77. The Morgan fingerprint density at radius 3 is 2.25 bits per heavy atom. The number of hydrogen-bond donors (Lipinski definition) is 0. The lowest BCUT2D eigenvalue weighted by Gasteiger charge is -2.27. The zero-order chi connectivity index (χ0) is 12.1. The lowest BCUT2D eigenvalue weighted by molar-refractivity contribution is -0.159. The molecular formula is C14H26O2. The highest BCUT2D eigenvalue weighted by Crippen LogP contribution is 2.28. The molecule has 1 fully saturated rings. The Balaban J connectivity index is 2.50. The highest BCUT2D eigenvalue weighted by molar-refractivity contribution is 5.72. The first-order chi connectivity index (χ1) is 7.56. The summed E-state index contributed by atoms with van der Waals surface area (Å²) in [5, 5.41) is 0. The van der Waals surface area contributed by atoms with Crippen LogP contribution in [0.25, 0.3) is 0 Å². The molecule has 2 nitrogen and oxygen atoms in total. The van der Waals surface area contributed by atoms with Gasteiger partial charge in [0.1, 0.15) is 6.10 Å². The van der Waals surface area contributed by atoms with E-state index in [1.807, 2.05) is 0 Å². The molecule has 94 valence electrons. The van der Waals surface area contributed by atoms with E-state index in [4.69, 9.17) is 4.74 Å². The molecule has 0 aromatic carbocycles. The summed E-state index contributed by atoms with van der Waals surface area (Å²) in [6.07, 6.45) is 5.61. The first kappa shape index (κ1) is 13.5. The van der Waals surface area contributed by atoms with Crippen LogP contribution in [0.1, 0.15) is 59.8 Å². The summed E-state index contributed by atoms with van der Waals surface area (Å²) >= 11 is 0. The van der Waals surface area contributed by atoms with Gasteiger partial charge in [-0.2, -0.15) is 0 Å². The number of ether oxygens (including phenoxy) is 1. The SMILES string of the molecule is CCC(C)C(OC(=O)C1CCCC1)C(C)C. The zero-order valence-corrected chi connectivity index (χ0v) is 11.2. The van der Waals surface area contributed by atoms with Crippen LogP contribution >= 0.6 is 0 Å². The summed E-state index contributed by atoms with van der Waals surface area (Å²) in [5.41, 5.74) is 0. The van der Waals surface area contributed by atoms with Crippen molar-refractivity contribution in [2.75, 3.05) is 0 Å². The minimum atomic E-state index is 0.0523. The second-order valence-electron chi connectivity index (χ2n) is 5.51. The van der Waals surface area contributed by atoms with Gasteiger partial charge in [-0.05, 0) is 24.7 Å². The van der Waals surface area contributed by atoms with Gasteiger partial charge in [0.25, 0.3) is 0 Å². The van der Waals surface area contributed by atoms with Crippen molar-refractivity contribution < 1.29 is 9.53 Å². The van der Waals surface area contributed by atoms with Crippen LogP contribution in [-0.2, 0) is 9.53 Å². The zero-order valence-electron chi connectivity index (χ0n) is 11.2. The molecular weight excluding hydrogens is 200 g/mol. The van der Waals surface area contributed by atoms with Gasteiger partial charge in [-0.3, -0.25) is 4.79 Å². The molecule has 0 spiro atoms. The largest absolute Gasteiger partial charge is 0.462 e.